The highest BCUT2D eigenvalue weighted by atomic mass is 28.4. The highest BCUT2D eigenvalue weighted by Gasteiger charge is 2.34. The van der Waals surface area contributed by atoms with Gasteiger partial charge in [-0.1, -0.05) is 91.0 Å². The highest BCUT2D eigenvalue weighted by Crippen LogP contribution is 2.25. The van der Waals surface area contributed by atoms with Gasteiger partial charge in [-0.3, -0.25) is 4.90 Å². The molecule has 4 heteroatoms. The molecule has 0 saturated carbocycles. The monoisotopic (exact) mass is 461 g/mol. The third kappa shape index (κ3) is 8.56. The minimum absolute atomic E-state index is 0.0182. The maximum Gasteiger partial charge on any atom is 0.189 e. The van der Waals surface area contributed by atoms with Crippen LogP contribution in [-0.4, -0.2) is 36.6 Å². The smallest absolute Gasteiger partial charge is 0.189 e. The van der Waals surface area contributed by atoms with E-state index in [9.17, 15) is 5.11 Å². The van der Waals surface area contributed by atoms with Crippen LogP contribution in [0.4, 0.5) is 0 Å². The number of aliphatic hydroxyl groups is 1. The van der Waals surface area contributed by atoms with Crippen molar-refractivity contribution in [1.29, 1.82) is 0 Å². The topological polar surface area (TPSA) is 32.7 Å². The van der Waals surface area contributed by atoms with E-state index in [0.717, 1.165) is 19.5 Å². The van der Waals surface area contributed by atoms with Gasteiger partial charge in [0, 0.05) is 25.2 Å². The summed E-state index contributed by atoms with van der Waals surface area (Å²) in [5.74, 6) is 0. The number of benzene rings is 3. The normalized spacial score (nSPS) is 13.9. The number of nitrogens with zero attached hydrogens (tertiary/aromatic N) is 1. The van der Waals surface area contributed by atoms with E-state index in [0.29, 0.717) is 6.04 Å². The summed E-state index contributed by atoms with van der Waals surface area (Å²) in [6, 6.07) is 32.4. The minimum Gasteiger partial charge on any atom is -0.415 e. The first-order valence-corrected chi connectivity index (χ1v) is 15.2. The Morgan fingerprint density at radius 3 is 1.58 bits per heavy atom. The number of rotatable bonds is 12. The molecule has 0 unspecified atom stereocenters. The van der Waals surface area contributed by atoms with Crippen molar-refractivity contribution < 1.29 is 9.53 Å². The molecule has 3 rings (SSSR count). The highest BCUT2D eigenvalue weighted by molar-refractivity contribution is 6.71. The molecular weight excluding hydrogens is 422 g/mol. The van der Waals surface area contributed by atoms with Gasteiger partial charge in [-0.25, -0.2) is 0 Å². The van der Waals surface area contributed by atoms with E-state index in [1.807, 2.05) is 6.07 Å². The SMILES string of the molecule is CC(C)O[Si](C)(C)C[C@@H](O)[C@H](Cc1ccccc1)N(Cc1ccccc1)Cc1ccccc1. The molecule has 0 heterocycles. The third-order valence-corrected chi connectivity index (χ3v) is 8.42. The molecule has 0 aromatic heterocycles. The molecule has 33 heavy (non-hydrogen) atoms. The standard InChI is InChI=1S/C29H39NO2Si/c1-24(2)32-33(3,4)23-29(31)28(20-25-14-8-5-9-15-25)30(21-26-16-10-6-11-17-26)22-27-18-12-7-13-19-27/h5-19,24,28-29,31H,20-23H2,1-4H3/t28-,29+/m0/s1. The molecular formula is C29H39NO2Si. The summed E-state index contributed by atoms with van der Waals surface area (Å²) in [5, 5.41) is 11.7. The Labute approximate surface area is 201 Å². The second-order valence-electron chi connectivity index (χ2n) is 9.83. The largest absolute Gasteiger partial charge is 0.415 e. The second kappa shape index (κ2) is 12.3. The number of hydrogen-bond donors (Lipinski definition) is 1. The van der Waals surface area contributed by atoms with Crippen molar-refractivity contribution in [3.63, 3.8) is 0 Å². The van der Waals surface area contributed by atoms with E-state index in [-0.39, 0.29) is 12.1 Å². The molecule has 1 N–H and O–H groups in total. The van der Waals surface area contributed by atoms with Crippen molar-refractivity contribution in [3.05, 3.63) is 108 Å². The number of hydrogen-bond acceptors (Lipinski definition) is 3. The summed E-state index contributed by atoms with van der Waals surface area (Å²) in [6.45, 7) is 10.2. The van der Waals surface area contributed by atoms with E-state index < -0.39 is 14.4 Å². The quantitative estimate of drug-likeness (QED) is 0.322. The number of aliphatic hydroxyl groups excluding tert-OH is 1. The Morgan fingerprint density at radius 2 is 1.15 bits per heavy atom. The lowest BCUT2D eigenvalue weighted by Gasteiger charge is -2.38. The van der Waals surface area contributed by atoms with Gasteiger partial charge >= 0.3 is 0 Å². The van der Waals surface area contributed by atoms with Gasteiger partial charge in [0.25, 0.3) is 0 Å². The van der Waals surface area contributed by atoms with Gasteiger partial charge in [-0.05, 0) is 56.1 Å². The lowest BCUT2D eigenvalue weighted by atomic mass is 9.98. The van der Waals surface area contributed by atoms with Crippen molar-refractivity contribution in [2.24, 2.45) is 0 Å². The van der Waals surface area contributed by atoms with Crippen LogP contribution in [0.1, 0.15) is 30.5 Å². The average molecular weight is 462 g/mol. The zero-order chi connectivity index (χ0) is 23.7. The van der Waals surface area contributed by atoms with Crippen LogP contribution in [-0.2, 0) is 23.9 Å². The average Bonchev–Trinajstić information content (AvgIpc) is 2.78. The van der Waals surface area contributed by atoms with E-state index in [4.69, 9.17) is 4.43 Å². The first kappa shape index (κ1) is 25.4. The maximum atomic E-state index is 11.7. The van der Waals surface area contributed by atoms with Crippen LogP contribution in [0, 0.1) is 0 Å². The molecule has 0 aliphatic heterocycles. The van der Waals surface area contributed by atoms with Crippen molar-refractivity contribution in [1.82, 2.24) is 4.90 Å². The van der Waals surface area contributed by atoms with Crippen molar-refractivity contribution in [3.8, 4) is 0 Å². The first-order chi connectivity index (χ1) is 15.8. The van der Waals surface area contributed by atoms with Gasteiger partial charge < -0.3 is 9.53 Å². The Hall–Kier alpha value is -2.24. The van der Waals surface area contributed by atoms with Crippen LogP contribution in [0.5, 0.6) is 0 Å². The van der Waals surface area contributed by atoms with Crippen LogP contribution in [0.2, 0.25) is 19.1 Å². The molecule has 0 spiro atoms. The third-order valence-electron chi connectivity index (χ3n) is 5.91. The van der Waals surface area contributed by atoms with Gasteiger partial charge in [-0.2, -0.15) is 0 Å². The molecule has 3 nitrogen and oxygen atoms in total. The fourth-order valence-corrected chi connectivity index (χ4v) is 7.27. The molecule has 3 aromatic rings. The van der Waals surface area contributed by atoms with Gasteiger partial charge in [0.2, 0.25) is 0 Å². The van der Waals surface area contributed by atoms with Crippen LogP contribution >= 0.6 is 0 Å². The van der Waals surface area contributed by atoms with Gasteiger partial charge in [0.1, 0.15) is 0 Å². The summed E-state index contributed by atoms with van der Waals surface area (Å²) in [5.41, 5.74) is 3.76. The van der Waals surface area contributed by atoms with Crippen molar-refractivity contribution in [2.45, 2.75) is 70.7 Å². The van der Waals surface area contributed by atoms with Crippen molar-refractivity contribution >= 4 is 8.32 Å². The summed E-state index contributed by atoms with van der Waals surface area (Å²) >= 11 is 0. The molecule has 0 radical (unpaired) electrons. The summed E-state index contributed by atoms with van der Waals surface area (Å²) in [6.07, 6.45) is 0.502. The lowest BCUT2D eigenvalue weighted by Crippen LogP contribution is -2.48. The Balaban J connectivity index is 1.92. The van der Waals surface area contributed by atoms with Crippen LogP contribution in [0.3, 0.4) is 0 Å². The molecule has 0 aliphatic carbocycles. The minimum atomic E-state index is -2.02. The fraction of sp³-hybridized carbons (Fsp3) is 0.379. The zero-order valence-corrected chi connectivity index (χ0v) is 21.5. The van der Waals surface area contributed by atoms with E-state index >= 15 is 0 Å². The fourth-order valence-electron chi connectivity index (χ4n) is 4.62. The summed E-state index contributed by atoms with van der Waals surface area (Å²) < 4.78 is 6.29. The predicted molar refractivity (Wildman–Crippen MR) is 141 cm³/mol. The summed E-state index contributed by atoms with van der Waals surface area (Å²) in [4.78, 5) is 2.45. The van der Waals surface area contributed by atoms with Crippen LogP contribution in [0.15, 0.2) is 91.0 Å². The van der Waals surface area contributed by atoms with Gasteiger partial charge in [0.05, 0.1) is 6.10 Å². The van der Waals surface area contributed by atoms with Crippen LogP contribution < -0.4 is 0 Å². The zero-order valence-electron chi connectivity index (χ0n) is 20.5. The van der Waals surface area contributed by atoms with E-state index in [1.54, 1.807) is 0 Å². The van der Waals surface area contributed by atoms with Gasteiger partial charge in [0.15, 0.2) is 8.32 Å². The maximum absolute atomic E-state index is 11.7. The molecule has 0 bridgehead atoms. The van der Waals surface area contributed by atoms with Crippen LogP contribution in [0.25, 0.3) is 0 Å². The second-order valence-corrected chi connectivity index (χ2v) is 14.0. The predicted octanol–water partition coefficient (Wildman–Crippen LogP) is 6.29. The Morgan fingerprint density at radius 1 is 0.727 bits per heavy atom. The molecule has 0 aliphatic rings. The summed E-state index contributed by atoms with van der Waals surface area (Å²) in [7, 11) is -2.02. The molecule has 0 fully saturated rings. The lowest BCUT2D eigenvalue weighted by molar-refractivity contribution is 0.0464. The van der Waals surface area contributed by atoms with Gasteiger partial charge in [-0.15, -0.1) is 0 Å². The molecule has 0 amide bonds. The molecule has 176 valence electrons. The molecule has 0 saturated heterocycles. The molecule has 2 atom stereocenters. The van der Waals surface area contributed by atoms with Crippen molar-refractivity contribution in [2.75, 3.05) is 0 Å². The molecule has 3 aromatic carbocycles. The Kier molecular flexibility index (Phi) is 9.45. The van der Waals surface area contributed by atoms with E-state index in [1.165, 1.54) is 16.7 Å². The Bertz CT molecular complexity index is 890. The van der Waals surface area contributed by atoms with E-state index in [2.05, 4.69) is 117 Å². The first-order valence-electron chi connectivity index (χ1n) is 12.0.